The van der Waals surface area contributed by atoms with E-state index in [9.17, 15) is 0 Å². The van der Waals surface area contributed by atoms with Gasteiger partial charge in [0.2, 0.25) is 0 Å². The zero-order valence-electron chi connectivity index (χ0n) is 39.5. The molecular weight excluding hydrogens is 821 g/mol. The largest absolute Gasteiger partial charge is 0.309 e. The molecule has 2 aliphatic rings. The van der Waals surface area contributed by atoms with Crippen LogP contribution >= 0.6 is 0 Å². The van der Waals surface area contributed by atoms with Crippen LogP contribution in [0.5, 0.6) is 0 Å². The summed E-state index contributed by atoms with van der Waals surface area (Å²) in [6, 6.07) is 77.0. The number of hydrogen-bond acceptors (Lipinski definition) is 2. The molecule has 0 radical (unpaired) electrons. The topological polar surface area (TPSA) is 6.48 Å². The molecule has 0 unspecified atom stereocenters. The second-order valence-electron chi connectivity index (χ2n) is 20.2. The van der Waals surface area contributed by atoms with E-state index in [1.807, 2.05) is 0 Å². The Bertz CT molecular complexity index is 3470. The normalized spacial score (nSPS) is 14.0. The van der Waals surface area contributed by atoms with E-state index in [2.05, 4.69) is 258 Å². The van der Waals surface area contributed by atoms with Gasteiger partial charge in [0, 0.05) is 43.7 Å². The summed E-state index contributed by atoms with van der Waals surface area (Å²) >= 11 is 0. The molecule has 326 valence electrons. The minimum absolute atomic E-state index is 0.246. The van der Waals surface area contributed by atoms with Gasteiger partial charge in [-0.15, -0.1) is 0 Å². The standard InChI is InChI=1S/C66H52N2/c1-41-35-47(67(59-31-15-23-43-19-7-11-27-49(43)59)60-32-16-24-44-20-8-12-28-50(44)60)37-57-63(41)53-39-56-54(40-55(53)65(57,3)4)64-42(2)36-48(38-58(64)66(56,5)6)68(61-33-17-25-45-21-9-13-29-51(45)61)62-34-18-26-46-22-10-14-30-52(46)62/h7-40H,1-6H3. The summed E-state index contributed by atoms with van der Waals surface area (Å²) in [5.74, 6) is 0. The van der Waals surface area contributed by atoms with Gasteiger partial charge in [0.1, 0.15) is 0 Å². The van der Waals surface area contributed by atoms with Crippen molar-refractivity contribution in [3.63, 3.8) is 0 Å². The lowest BCUT2D eigenvalue weighted by atomic mass is 9.79. The number of aryl methyl sites for hydroxylation is 2. The predicted molar refractivity (Wildman–Crippen MR) is 290 cm³/mol. The molecule has 0 amide bonds. The lowest BCUT2D eigenvalue weighted by Crippen LogP contribution is -2.18. The molecule has 0 aliphatic heterocycles. The maximum atomic E-state index is 2.57. The summed E-state index contributed by atoms with van der Waals surface area (Å²) in [7, 11) is 0. The minimum atomic E-state index is -0.246. The second kappa shape index (κ2) is 14.8. The average Bonchev–Trinajstić information content (AvgIpc) is 3.72. The quantitative estimate of drug-likeness (QED) is 0.164. The fraction of sp³-hybridized carbons (Fsp3) is 0.121. The van der Waals surface area contributed by atoms with Crippen molar-refractivity contribution in [3.8, 4) is 22.3 Å². The molecule has 0 N–H and O–H groups in total. The molecule has 0 aromatic heterocycles. The third kappa shape index (κ3) is 5.83. The SMILES string of the molecule is Cc1cc(N(c2cccc3ccccc23)c2cccc3ccccc23)cc2c1-c1cc3c(cc1C2(C)C)-c1c(C)cc(N(c2cccc4ccccc24)c2cccc4ccccc24)cc1C3(C)C. The van der Waals surface area contributed by atoms with E-state index in [0.29, 0.717) is 0 Å². The minimum Gasteiger partial charge on any atom is -0.309 e. The van der Waals surface area contributed by atoms with Crippen LogP contribution in [0.3, 0.4) is 0 Å². The number of nitrogens with zero attached hydrogens (tertiary/aromatic N) is 2. The van der Waals surface area contributed by atoms with Crippen molar-refractivity contribution in [2.75, 3.05) is 9.80 Å². The van der Waals surface area contributed by atoms with Crippen molar-refractivity contribution >= 4 is 77.2 Å². The van der Waals surface area contributed by atoms with Crippen LogP contribution < -0.4 is 9.80 Å². The van der Waals surface area contributed by atoms with Crippen LogP contribution in [0.15, 0.2) is 206 Å². The Balaban J connectivity index is 0.978. The number of anilines is 6. The van der Waals surface area contributed by atoms with Crippen molar-refractivity contribution in [1.29, 1.82) is 0 Å². The Kier molecular flexibility index (Phi) is 8.77. The highest BCUT2D eigenvalue weighted by Gasteiger charge is 2.43. The van der Waals surface area contributed by atoms with Crippen molar-refractivity contribution in [2.45, 2.75) is 52.4 Å². The Morgan fingerprint density at radius 1 is 0.294 bits per heavy atom. The van der Waals surface area contributed by atoms with Crippen LogP contribution in [0.2, 0.25) is 0 Å². The summed E-state index contributed by atoms with van der Waals surface area (Å²) < 4.78 is 0. The molecule has 0 heterocycles. The molecule has 2 aliphatic carbocycles. The molecular formula is C66H52N2. The van der Waals surface area contributed by atoms with Gasteiger partial charge in [0.15, 0.2) is 0 Å². The predicted octanol–water partition coefficient (Wildman–Crippen LogP) is 18.5. The summed E-state index contributed by atoms with van der Waals surface area (Å²) in [4.78, 5) is 5.02. The van der Waals surface area contributed by atoms with E-state index in [4.69, 9.17) is 0 Å². The zero-order chi connectivity index (χ0) is 46.1. The van der Waals surface area contributed by atoms with Gasteiger partial charge >= 0.3 is 0 Å². The molecule has 13 rings (SSSR count). The first kappa shape index (κ1) is 40.3. The van der Waals surface area contributed by atoms with Crippen molar-refractivity contribution in [3.05, 3.63) is 240 Å². The molecule has 0 saturated carbocycles. The van der Waals surface area contributed by atoms with Crippen LogP contribution in [-0.2, 0) is 10.8 Å². The summed E-state index contributed by atoms with van der Waals surface area (Å²) in [5, 5.41) is 9.86. The van der Waals surface area contributed by atoms with Crippen LogP contribution in [0.25, 0.3) is 65.3 Å². The van der Waals surface area contributed by atoms with E-state index in [0.717, 1.165) is 0 Å². The maximum absolute atomic E-state index is 2.57. The number of fused-ring (bicyclic) bond motifs is 10. The molecule has 68 heavy (non-hydrogen) atoms. The number of rotatable bonds is 6. The van der Waals surface area contributed by atoms with Gasteiger partial charge in [-0.05, 0) is 152 Å². The summed E-state index contributed by atoms with van der Waals surface area (Å²) in [6.07, 6.45) is 0. The Labute approximate surface area is 399 Å². The highest BCUT2D eigenvalue weighted by atomic mass is 15.2. The van der Waals surface area contributed by atoms with E-state index in [1.54, 1.807) is 0 Å². The summed E-state index contributed by atoms with van der Waals surface area (Å²) in [6.45, 7) is 14.4. The molecule has 11 aromatic rings. The van der Waals surface area contributed by atoms with E-state index in [-0.39, 0.29) is 10.8 Å². The van der Waals surface area contributed by atoms with Gasteiger partial charge in [0.05, 0.1) is 22.7 Å². The molecule has 2 nitrogen and oxygen atoms in total. The third-order valence-corrected chi connectivity index (χ3v) is 15.6. The highest BCUT2D eigenvalue weighted by Crippen LogP contribution is 2.59. The lowest BCUT2D eigenvalue weighted by molar-refractivity contribution is 0.652. The van der Waals surface area contributed by atoms with Crippen molar-refractivity contribution in [2.24, 2.45) is 0 Å². The lowest BCUT2D eigenvalue weighted by Gasteiger charge is -2.30. The zero-order valence-corrected chi connectivity index (χ0v) is 39.5. The van der Waals surface area contributed by atoms with Crippen LogP contribution in [0.1, 0.15) is 61.1 Å². The maximum Gasteiger partial charge on any atom is 0.0540 e. The van der Waals surface area contributed by atoms with E-state index in [1.165, 1.54) is 133 Å². The van der Waals surface area contributed by atoms with Gasteiger partial charge in [-0.3, -0.25) is 0 Å². The van der Waals surface area contributed by atoms with Gasteiger partial charge in [-0.1, -0.05) is 173 Å². The van der Waals surface area contributed by atoms with Crippen LogP contribution in [0, 0.1) is 13.8 Å². The molecule has 2 heteroatoms. The fourth-order valence-electron chi connectivity index (χ4n) is 12.3. The first-order chi connectivity index (χ1) is 33.1. The van der Waals surface area contributed by atoms with Crippen molar-refractivity contribution in [1.82, 2.24) is 0 Å². The first-order valence-electron chi connectivity index (χ1n) is 24.1. The van der Waals surface area contributed by atoms with Gasteiger partial charge in [-0.25, -0.2) is 0 Å². The number of benzene rings is 11. The molecule has 11 aromatic carbocycles. The van der Waals surface area contributed by atoms with E-state index >= 15 is 0 Å². The first-order valence-corrected chi connectivity index (χ1v) is 24.1. The van der Waals surface area contributed by atoms with E-state index < -0.39 is 0 Å². The second-order valence-corrected chi connectivity index (χ2v) is 20.2. The number of hydrogen-bond donors (Lipinski definition) is 0. The van der Waals surface area contributed by atoms with Gasteiger partial charge < -0.3 is 9.80 Å². The van der Waals surface area contributed by atoms with Gasteiger partial charge in [0.25, 0.3) is 0 Å². The van der Waals surface area contributed by atoms with Crippen LogP contribution in [-0.4, -0.2) is 0 Å². The third-order valence-electron chi connectivity index (χ3n) is 15.6. The average molecular weight is 873 g/mol. The van der Waals surface area contributed by atoms with Crippen LogP contribution in [0.4, 0.5) is 34.1 Å². The molecule has 0 spiro atoms. The molecule has 0 fully saturated rings. The Hall–Kier alpha value is -7.94. The monoisotopic (exact) mass is 872 g/mol. The molecule has 0 atom stereocenters. The Morgan fingerprint density at radius 3 is 0.882 bits per heavy atom. The summed E-state index contributed by atoms with van der Waals surface area (Å²) in [5.41, 5.74) is 20.2. The molecule has 0 saturated heterocycles. The smallest absolute Gasteiger partial charge is 0.0540 e. The van der Waals surface area contributed by atoms with Crippen molar-refractivity contribution < 1.29 is 0 Å². The highest BCUT2D eigenvalue weighted by molar-refractivity contribution is 6.07. The fourth-order valence-corrected chi connectivity index (χ4v) is 12.3. The molecule has 0 bridgehead atoms. The van der Waals surface area contributed by atoms with Gasteiger partial charge in [-0.2, -0.15) is 0 Å². The Morgan fingerprint density at radius 2 is 0.574 bits per heavy atom.